The van der Waals surface area contributed by atoms with Crippen molar-refractivity contribution in [3.05, 3.63) is 35.9 Å². The van der Waals surface area contributed by atoms with E-state index in [0.717, 1.165) is 11.3 Å². The van der Waals surface area contributed by atoms with Crippen molar-refractivity contribution in [1.82, 2.24) is 5.32 Å². The topological polar surface area (TPSA) is 58.2 Å². The third kappa shape index (κ3) is 4.53. The summed E-state index contributed by atoms with van der Waals surface area (Å²) in [6.07, 6.45) is 5.75. The summed E-state index contributed by atoms with van der Waals surface area (Å²) in [5.74, 6) is 0.501. The Hall–Kier alpha value is -2.10. The van der Waals surface area contributed by atoms with Gasteiger partial charge in [-0.1, -0.05) is 12.1 Å². The standard InChI is InChI=1S/C16H20N2O2/c1-11(14-6-7-14)17-16(20)10-5-13-3-8-15(9-4-13)18-12(2)19/h3-5,8-11,14H,6-7H2,1-2H3,(H,17,20)(H,18,19)/b10-5+. The highest BCUT2D eigenvalue weighted by atomic mass is 16.2. The molecule has 0 spiro atoms. The zero-order valence-electron chi connectivity index (χ0n) is 11.8. The number of nitrogens with one attached hydrogen (secondary N) is 2. The van der Waals surface area contributed by atoms with Crippen LogP contribution < -0.4 is 10.6 Å². The molecular weight excluding hydrogens is 252 g/mol. The molecule has 1 unspecified atom stereocenters. The van der Waals surface area contributed by atoms with Gasteiger partial charge in [-0.05, 0) is 49.5 Å². The lowest BCUT2D eigenvalue weighted by Crippen LogP contribution is -2.32. The quantitative estimate of drug-likeness (QED) is 0.809. The van der Waals surface area contributed by atoms with E-state index >= 15 is 0 Å². The van der Waals surface area contributed by atoms with E-state index in [2.05, 4.69) is 10.6 Å². The van der Waals surface area contributed by atoms with Gasteiger partial charge in [0.1, 0.15) is 0 Å². The van der Waals surface area contributed by atoms with Crippen LogP contribution in [0.1, 0.15) is 32.3 Å². The number of anilines is 1. The molecule has 1 aliphatic carbocycles. The van der Waals surface area contributed by atoms with Gasteiger partial charge >= 0.3 is 0 Å². The Morgan fingerprint density at radius 3 is 2.45 bits per heavy atom. The molecule has 4 nitrogen and oxygen atoms in total. The van der Waals surface area contributed by atoms with Crippen molar-refractivity contribution >= 4 is 23.6 Å². The average Bonchev–Trinajstić information content (AvgIpc) is 3.21. The average molecular weight is 272 g/mol. The zero-order chi connectivity index (χ0) is 14.5. The second-order valence-corrected chi connectivity index (χ2v) is 5.27. The van der Waals surface area contributed by atoms with Gasteiger partial charge in [-0.3, -0.25) is 9.59 Å². The summed E-state index contributed by atoms with van der Waals surface area (Å²) >= 11 is 0. The van der Waals surface area contributed by atoms with E-state index in [1.54, 1.807) is 12.2 Å². The number of hydrogen-bond donors (Lipinski definition) is 2. The smallest absolute Gasteiger partial charge is 0.244 e. The van der Waals surface area contributed by atoms with Crippen molar-refractivity contribution in [2.75, 3.05) is 5.32 Å². The predicted molar refractivity (Wildman–Crippen MR) is 80.1 cm³/mol. The molecule has 1 aromatic rings. The number of carbonyl (C=O) groups is 2. The zero-order valence-corrected chi connectivity index (χ0v) is 11.8. The summed E-state index contributed by atoms with van der Waals surface area (Å²) in [7, 11) is 0. The molecule has 106 valence electrons. The molecule has 1 saturated carbocycles. The van der Waals surface area contributed by atoms with Crippen LogP contribution in [-0.2, 0) is 9.59 Å². The van der Waals surface area contributed by atoms with Crippen LogP contribution in [0.3, 0.4) is 0 Å². The summed E-state index contributed by atoms with van der Waals surface area (Å²) in [4.78, 5) is 22.6. The SMILES string of the molecule is CC(=O)Nc1ccc(/C=C/C(=O)NC(C)C2CC2)cc1. The van der Waals surface area contributed by atoms with E-state index in [-0.39, 0.29) is 17.9 Å². The Kier molecular flexibility index (Phi) is 4.56. The summed E-state index contributed by atoms with van der Waals surface area (Å²) in [5.41, 5.74) is 1.68. The number of hydrogen-bond acceptors (Lipinski definition) is 2. The lowest BCUT2D eigenvalue weighted by Gasteiger charge is -2.10. The van der Waals surface area contributed by atoms with Crippen molar-refractivity contribution in [3.63, 3.8) is 0 Å². The van der Waals surface area contributed by atoms with Crippen LogP contribution in [0.4, 0.5) is 5.69 Å². The highest BCUT2D eigenvalue weighted by Gasteiger charge is 2.28. The van der Waals surface area contributed by atoms with E-state index in [1.165, 1.54) is 19.8 Å². The molecular formula is C16H20N2O2. The van der Waals surface area contributed by atoms with Gasteiger partial charge in [0.2, 0.25) is 11.8 Å². The lowest BCUT2D eigenvalue weighted by molar-refractivity contribution is -0.117. The number of rotatable bonds is 5. The predicted octanol–water partition coefficient (Wildman–Crippen LogP) is 2.57. The van der Waals surface area contributed by atoms with E-state index in [1.807, 2.05) is 31.2 Å². The van der Waals surface area contributed by atoms with Crippen molar-refractivity contribution in [3.8, 4) is 0 Å². The molecule has 2 amide bonds. The minimum Gasteiger partial charge on any atom is -0.350 e. The Morgan fingerprint density at radius 2 is 1.90 bits per heavy atom. The van der Waals surface area contributed by atoms with E-state index < -0.39 is 0 Å². The maximum atomic E-state index is 11.7. The fourth-order valence-electron chi connectivity index (χ4n) is 2.04. The molecule has 0 radical (unpaired) electrons. The molecule has 1 aliphatic rings. The van der Waals surface area contributed by atoms with E-state index in [9.17, 15) is 9.59 Å². The maximum absolute atomic E-state index is 11.7. The maximum Gasteiger partial charge on any atom is 0.244 e. The van der Waals surface area contributed by atoms with E-state index in [0.29, 0.717) is 5.92 Å². The van der Waals surface area contributed by atoms with Gasteiger partial charge in [0.15, 0.2) is 0 Å². The molecule has 1 aromatic carbocycles. The molecule has 1 atom stereocenters. The summed E-state index contributed by atoms with van der Waals surface area (Å²) in [6, 6.07) is 7.60. The Morgan fingerprint density at radius 1 is 1.25 bits per heavy atom. The van der Waals surface area contributed by atoms with Crippen LogP contribution in [0.2, 0.25) is 0 Å². The Bertz CT molecular complexity index is 516. The van der Waals surface area contributed by atoms with Gasteiger partial charge in [0, 0.05) is 24.7 Å². The van der Waals surface area contributed by atoms with Crippen LogP contribution in [-0.4, -0.2) is 17.9 Å². The van der Waals surface area contributed by atoms with Gasteiger partial charge in [0.05, 0.1) is 0 Å². The fourth-order valence-corrected chi connectivity index (χ4v) is 2.04. The van der Waals surface area contributed by atoms with E-state index in [4.69, 9.17) is 0 Å². The van der Waals surface area contributed by atoms with Crippen molar-refractivity contribution in [2.24, 2.45) is 5.92 Å². The molecule has 0 heterocycles. The van der Waals surface area contributed by atoms with Gasteiger partial charge in [-0.15, -0.1) is 0 Å². The van der Waals surface area contributed by atoms with Gasteiger partial charge in [-0.2, -0.15) is 0 Å². The van der Waals surface area contributed by atoms with Gasteiger partial charge < -0.3 is 10.6 Å². The molecule has 0 aromatic heterocycles. The van der Waals surface area contributed by atoms with Crippen molar-refractivity contribution in [2.45, 2.75) is 32.7 Å². The highest BCUT2D eigenvalue weighted by molar-refractivity contribution is 5.92. The van der Waals surface area contributed by atoms with Crippen LogP contribution in [0, 0.1) is 5.92 Å². The number of benzene rings is 1. The number of carbonyl (C=O) groups excluding carboxylic acids is 2. The van der Waals surface area contributed by atoms with Crippen LogP contribution >= 0.6 is 0 Å². The first kappa shape index (κ1) is 14.3. The minimum absolute atomic E-state index is 0.0599. The van der Waals surface area contributed by atoms with Crippen LogP contribution in [0.25, 0.3) is 6.08 Å². The largest absolute Gasteiger partial charge is 0.350 e. The molecule has 2 N–H and O–H groups in total. The molecule has 1 fully saturated rings. The molecule has 0 aliphatic heterocycles. The second kappa shape index (κ2) is 6.37. The molecule has 4 heteroatoms. The fraction of sp³-hybridized carbons (Fsp3) is 0.375. The third-order valence-corrected chi connectivity index (χ3v) is 3.36. The third-order valence-electron chi connectivity index (χ3n) is 3.36. The summed E-state index contributed by atoms with van der Waals surface area (Å²) in [6.45, 7) is 3.52. The lowest BCUT2D eigenvalue weighted by atomic mass is 10.2. The first-order chi connectivity index (χ1) is 9.54. The van der Waals surface area contributed by atoms with Crippen LogP contribution in [0.5, 0.6) is 0 Å². The number of amides is 2. The molecule has 0 bridgehead atoms. The second-order valence-electron chi connectivity index (χ2n) is 5.27. The summed E-state index contributed by atoms with van der Waals surface area (Å²) in [5, 5.41) is 5.67. The molecule has 20 heavy (non-hydrogen) atoms. The van der Waals surface area contributed by atoms with Crippen molar-refractivity contribution < 1.29 is 9.59 Å². The first-order valence-corrected chi connectivity index (χ1v) is 6.91. The van der Waals surface area contributed by atoms with Gasteiger partial charge in [-0.25, -0.2) is 0 Å². The summed E-state index contributed by atoms with van der Waals surface area (Å²) < 4.78 is 0. The minimum atomic E-state index is -0.0956. The van der Waals surface area contributed by atoms with Gasteiger partial charge in [0.25, 0.3) is 0 Å². The first-order valence-electron chi connectivity index (χ1n) is 6.91. The normalized spacial score (nSPS) is 15.9. The highest BCUT2D eigenvalue weighted by Crippen LogP contribution is 2.32. The monoisotopic (exact) mass is 272 g/mol. The molecule has 2 rings (SSSR count). The Balaban J connectivity index is 1.86. The van der Waals surface area contributed by atoms with Crippen molar-refractivity contribution in [1.29, 1.82) is 0 Å². The Labute approximate surface area is 119 Å². The molecule has 0 saturated heterocycles. The van der Waals surface area contributed by atoms with Crippen LogP contribution in [0.15, 0.2) is 30.3 Å².